The van der Waals surface area contributed by atoms with Crippen molar-refractivity contribution < 1.29 is 14.3 Å². The molecule has 2 aliphatic rings. The third-order valence-corrected chi connectivity index (χ3v) is 9.41. The lowest BCUT2D eigenvalue weighted by Gasteiger charge is -2.47. The van der Waals surface area contributed by atoms with E-state index in [0.717, 1.165) is 11.1 Å². The molecule has 5 rings (SSSR count). The molecule has 0 saturated carbocycles. The molecule has 244 valence electrons. The minimum absolute atomic E-state index is 0.144. The lowest BCUT2D eigenvalue weighted by molar-refractivity contribution is -0.119. The summed E-state index contributed by atoms with van der Waals surface area (Å²) < 4.78 is 6.12. The second-order valence-electron chi connectivity index (χ2n) is 13.0. The Labute approximate surface area is 280 Å². The van der Waals surface area contributed by atoms with Crippen LogP contribution in [0.5, 0.6) is 5.88 Å². The number of aliphatic imine (C=N–C) groups is 1. The Bertz CT molecular complexity index is 1630. The molecule has 0 spiro atoms. The Balaban J connectivity index is 1.73. The van der Waals surface area contributed by atoms with Crippen LogP contribution < -0.4 is 10.5 Å². The van der Waals surface area contributed by atoms with Gasteiger partial charge < -0.3 is 15.4 Å². The maximum Gasteiger partial charge on any atom is 0.326 e. The summed E-state index contributed by atoms with van der Waals surface area (Å²) in [4.78, 5) is 47.0. The minimum Gasteiger partial charge on any atom is -0.477 e. The summed E-state index contributed by atoms with van der Waals surface area (Å²) in [7, 11) is 0. The number of carbonyl (C=O) groups is 2. The quantitative estimate of drug-likeness (QED) is 0.351. The molecule has 3 heterocycles. The molecule has 2 N–H and O–H groups in total. The van der Waals surface area contributed by atoms with Gasteiger partial charge in [0.2, 0.25) is 11.8 Å². The Kier molecular flexibility index (Phi) is 9.37. The summed E-state index contributed by atoms with van der Waals surface area (Å²) in [5, 5.41) is 1.17. The lowest BCUT2D eigenvalue weighted by Crippen LogP contribution is -2.61. The Morgan fingerprint density at radius 1 is 0.935 bits per heavy atom. The highest BCUT2D eigenvalue weighted by Crippen LogP contribution is 2.54. The van der Waals surface area contributed by atoms with Crippen LogP contribution in [0, 0.1) is 0 Å². The molecule has 2 unspecified atom stereocenters. The number of carbonyl (C=O) groups excluding carboxylic acids is 2. The van der Waals surface area contributed by atoms with E-state index in [1.165, 1.54) is 0 Å². The van der Waals surface area contributed by atoms with E-state index in [9.17, 15) is 9.59 Å². The average molecular weight is 667 g/mol. The first-order chi connectivity index (χ1) is 21.7. The van der Waals surface area contributed by atoms with Gasteiger partial charge >= 0.3 is 6.03 Å². The molecule has 1 fully saturated rings. The van der Waals surface area contributed by atoms with E-state index in [0.29, 0.717) is 65.9 Å². The van der Waals surface area contributed by atoms with Crippen LogP contribution in [0.3, 0.4) is 0 Å². The van der Waals surface area contributed by atoms with Gasteiger partial charge in [-0.3, -0.25) is 19.6 Å². The molecule has 12 heteroatoms. The summed E-state index contributed by atoms with van der Waals surface area (Å²) in [6.45, 7) is 14.4. The molecule has 2 aliphatic heterocycles. The van der Waals surface area contributed by atoms with Crippen molar-refractivity contribution in [2.24, 2.45) is 10.7 Å². The van der Waals surface area contributed by atoms with Crippen LogP contribution in [0.15, 0.2) is 59.7 Å². The number of ether oxygens (including phenoxy) is 1. The molecule has 0 radical (unpaired) electrons. The smallest absolute Gasteiger partial charge is 0.326 e. The van der Waals surface area contributed by atoms with Crippen molar-refractivity contribution >= 4 is 41.0 Å². The molecular weight excluding hydrogens is 625 g/mol. The van der Waals surface area contributed by atoms with Gasteiger partial charge in [0.05, 0.1) is 18.7 Å². The third kappa shape index (κ3) is 6.18. The van der Waals surface area contributed by atoms with Crippen LogP contribution in [-0.4, -0.2) is 81.8 Å². The number of urea groups is 1. The number of piperazine rings is 1. The number of aromatic nitrogens is 2. The van der Waals surface area contributed by atoms with Gasteiger partial charge in [0, 0.05) is 47.8 Å². The summed E-state index contributed by atoms with van der Waals surface area (Å²) in [5.74, 6) is 0.958. The van der Waals surface area contributed by atoms with Gasteiger partial charge in [0.15, 0.2) is 0 Å². The Hall–Kier alpha value is -3.73. The first-order valence-electron chi connectivity index (χ1n) is 15.4. The molecule has 10 nitrogen and oxygen atoms in total. The molecule has 2 atom stereocenters. The summed E-state index contributed by atoms with van der Waals surface area (Å²) in [5.41, 5.74) is 5.25. The van der Waals surface area contributed by atoms with Gasteiger partial charge in [-0.2, -0.15) is 4.98 Å². The fourth-order valence-electron chi connectivity index (χ4n) is 6.15. The van der Waals surface area contributed by atoms with Gasteiger partial charge in [-0.1, -0.05) is 68.2 Å². The number of rotatable bonds is 7. The number of nitrogens with zero attached hydrogens (tertiary/aromatic N) is 6. The molecule has 3 aromatic rings. The first kappa shape index (κ1) is 33.6. The number of hydrogen-bond donors (Lipinski definition) is 1. The van der Waals surface area contributed by atoms with E-state index in [1.807, 2.05) is 95.0 Å². The highest BCUT2D eigenvalue weighted by molar-refractivity contribution is 6.30. The zero-order valence-corrected chi connectivity index (χ0v) is 28.7. The number of amidine groups is 1. The number of halogens is 2. The molecule has 1 saturated heterocycles. The zero-order chi connectivity index (χ0) is 33.4. The maximum absolute atomic E-state index is 15.0. The average Bonchev–Trinajstić information content (AvgIpc) is 3.25. The van der Waals surface area contributed by atoms with Crippen molar-refractivity contribution in [1.82, 2.24) is 24.7 Å². The SMILES string of the molecule is CCOc1nc(C(C)(C)C)ncc1C1=NC(C)(c2ccc(Cl)cc2)C(C)(c2ccc(Cl)cc2)N1C(=O)N1CCN(CC(N)=O)CC1. The standard InChI is InChI=1S/C34H41Cl2N7O3/c1-7-46-29-26(20-38-30(39-29)32(2,3)4)28-40-33(5,22-8-12-24(35)13-9-22)34(6,23-10-14-25(36)15-11-23)43(28)31(45)42-18-16-41(17-19-42)21-27(37)44/h8-15,20H,7,16-19,21H2,1-6H3,(H2,37,44). The predicted molar refractivity (Wildman–Crippen MR) is 180 cm³/mol. The summed E-state index contributed by atoms with van der Waals surface area (Å²) in [6, 6.07) is 14.8. The van der Waals surface area contributed by atoms with E-state index in [4.69, 9.17) is 48.6 Å². The van der Waals surface area contributed by atoms with Crippen molar-refractivity contribution in [3.8, 4) is 5.88 Å². The number of nitrogens with two attached hydrogens (primary N) is 1. The number of primary amides is 1. The topological polar surface area (TPSA) is 117 Å². The Morgan fingerprint density at radius 3 is 2.02 bits per heavy atom. The Morgan fingerprint density at radius 2 is 1.50 bits per heavy atom. The minimum atomic E-state index is -1.06. The zero-order valence-electron chi connectivity index (χ0n) is 27.2. The van der Waals surface area contributed by atoms with E-state index < -0.39 is 17.0 Å². The van der Waals surface area contributed by atoms with Gasteiger partial charge in [-0.15, -0.1) is 0 Å². The fourth-order valence-corrected chi connectivity index (χ4v) is 6.41. The van der Waals surface area contributed by atoms with Crippen molar-refractivity contribution in [2.45, 2.75) is 58.0 Å². The number of amides is 3. The molecule has 3 amide bonds. The molecule has 2 aromatic carbocycles. The van der Waals surface area contributed by atoms with Crippen LogP contribution in [0.25, 0.3) is 0 Å². The van der Waals surface area contributed by atoms with Gasteiger partial charge in [-0.25, -0.2) is 9.78 Å². The fraction of sp³-hybridized carbons (Fsp3) is 0.441. The largest absolute Gasteiger partial charge is 0.477 e. The van der Waals surface area contributed by atoms with E-state index >= 15 is 0 Å². The summed E-state index contributed by atoms with van der Waals surface area (Å²) >= 11 is 12.7. The van der Waals surface area contributed by atoms with Gasteiger partial charge in [0.1, 0.15) is 22.7 Å². The first-order valence-corrected chi connectivity index (χ1v) is 16.2. The van der Waals surface area contributed by atoms with Crippen LogP contribution in [-0.2, 0) is 21.3 Å². The molecule has 0 aliphatic carbocycles. The van der Waals surface area contributed by atoms with E-state index in [2.05, 4.69) is 0 Å². The van der Waals surface area contributed by atoms with Crippen LogP contribution in [0.4, 0.5) is 4.79 Å². The maximum atomic E-state index is 15.0. The van der Waals surface area contributed by atoms with Crippen molar-refractivity contribution in [1.29, 1.82) is 0 Å². The normalized spacial score (nSPS) is 22.1. The van der Waals surface area contributed by atoms with Crippen LogP contribution >= 0.6 is 23.2 Å². The van der Waals surface area contributed by atoms with E-state index in [1.54, 1.807) is 16.0 Å². The van der Waals surface area contributed by atoms with E-state index in [-0.39, 0.29) is 18.0 Å². The van der Waals surface area contributed by atoms with Crippen molar-refractivity contribution in [2.75, 3.05) is 39.3 Å². The van der Waals surface area contributed by atoms with Gasteiger partial charge in [0.25, 0.3) is 0 Å². The highest BCUT2D eigenvalue weighted by atomic mass is 35.5. The number of benzene rings is 2. The lowest BCUT2D eigenvalue weighted by atomic mass is 9.71. The monoisotopic (exact) mass is 665 g/mol. The van der Waals surface area contributed by atoms with Crippen LogP contribution in [0.1, 0.15) is 64.1 Å². The third-order valence-electron chi connectivity index (χ3n) is 8.91. The highest BCUT2D eigenvalue weighted by Gasteiger charge is 2.60. The van der Waals surface area contributed by atoms with Crippen molar-refractivity contribution in [3.05, 3.63) is 87.3 Å². The second kappa shape index (κ2) is 12.8. The molecule has 46 heavy (non-hydrogen) atoms. The van der Waals surface area contributed by atoms with Crippen molar-refractivity contribution in [3.63, 3.8) is 0 Å². The molecular formula is C34H41Cl2N7O3. The van der Waals surface area contributed by atoms with Gasteiger partial charge in [-0.05, 0) is 56.2 Å². The van der Waals surface area contributed by atoms with Crippen LogP contribution in [0.2, 0.25) is 10.0 Å². The molecule has 1 aromatic heterocycles. The summed E-state index contributed by atoms with van der Waals surface area (Å²) in [6.07, 6.45) is 1.71. The molecule has 0 bridgehead atoms. The predicted octanol–water partition coefficient (Wildman–Crippen LogP) is 5.60. The second-order valence-corrected chi connectivity index (χ2v) is 13.9. The number of hydrogen-bond acceptors (Lipinski definition) is 7.